The number of halogens is 1. The summed E-state index contributed by atoms with van der Waals surface area (Å²) in [6.45, 7) is 0. The molecule has 0 atom stereocenters. The van der Waals surface area contributed by atoms with Gasteiger partial charge < -0.3 is 10.2 Å². The smallest absolute Gasteiger partial charge is 0.138 e. The van der Waals surface area contributed by atoms with Crippen molar-refractivity contribution < 1.29 is 21.5 Å². The standard InChI is InChI=1S/C18H13FO2/c19-18-14(12-5-2-1-3-6-12)7-4-8-16(18)15-10-9-13(20)11-17(15)21/h1-11,20-21H/i1D,2D,3D,5D,6D. The molecule has 0 radical (unpaired) electrons. The molecule has 0 spiro atoms. The van der Waals surface area contributed by atoms with Gasteiger partial charge in [-0.1, -0.05) is 48.4 Å². The third-order valence-corrected chi connectivity index (χ3v) is 3.04. The van der Waals surface area contributed by atoms with Crippen LogP contribution in [0.2, 0.25) is 0 Å². The Balaban J connectivity index is 2.30. The summed E-state index contributed by atoms with van der Waals surface area (Å²) in [5.74, 6) is -1.37. The summed E-state index contributed by atoms with van der Waals surface area (Å²) < 4.78 is 54.2. The molecule has 21 heavy (non-hydrogen) atoms. The van der Waals surface area contributed by atoms with E-state index in [9.17, 15) is 10.2 Å². The molecular formula is C18H13FO2. The van der Waals surface area contributed by atoms with Crippen molar-refractivity contribution in [2.45, 2.75) is 0 Å². The molecule has 3 heteroatoms. The molecule has 3 aromatic carbocycles. The predicted molar refractivity (Wildman–Crippen MR) is 80.6 cm³/mol. The summed E-state index contributed by atoms with van der Waals surface area (Å²) in [5, 5.41) is 19.4. The van der Waals surface area contributed by atoms with Crippen LogP contribution < -0.4 is 0 Å². The van der Waals surface area contributed by atoms with E-state index in [4.69, 9.17) is 6.85 Å². The first-order valence-electron chi connectivity index (χ1n) is 8.62. The van der Waals surface area contributed by atoms with Crippen LogP contribution in [-0.4, -0.2) is 10.2 Å². The van der Waals surface area contributed by atoms with Crippen molar-refractivity contribution in [1.29, 1.82) is 0 Å². The summed E-state index contributed by atoms with van der Waals surface area (Å²) in [6.07, 6.45) is 0. The van der Waals surface area contributed by atoms with Crippen LogP contribution in [0.25, 0.3) is 22.3 Å². The first kappa shape index (κ1) is 8.47. The molecule has 0 unspecified atom stereocenters. The van der Waals surface area contributed by atoms with Crippen molar-refractivity contribution in [3.8, 4) is 33.8 Å². The molecule has 0 aliphatic heterocycles. The zero-order valence-corrected chi connectivity index (χ0v) is 10.7. The Morgan fingerprint density at radius 2 is 1.57 bits per heavy atom. The average molecular weight is 285 g/mol. The molecule has 2 nitrogen and oxygen atoms in total. The maximum absolute atomic E-state index is 15.1. The average Bonchev–Trinajstić information content (AvgIpc) is 2.60. The lowest BCUT2D eigenvalue weighted by Crippen LogP contribution is -1.90. The Bertz CT molecular complexity index is 1010. The van der Waals surface area contributed by atoms with Gasteiger partial charge in [0.15, 0.2) is 0 Å². The van der Waals surface area contributed by atoms with Crippen molar-refractivity contribution in [1.82, 2.24) is 0 Å². The maximum atomic E-state index is 15.1. The minimum Gasteiger partial charge on any atom is -0.508 e. The summed E-state index contributed by atoms with van der Waals surface area (Å²) in [7, 11) is 0. The van der Waals surface area contributed by atoms with E-state index in [1.165, 1.54) is 30.3 Å². The minimum atomic E-state index is -0.841. The third kappa shape index (κ3) is 2.46. The Morgan fingerprint density at radius 3 is 2.29 bits per heavy atom. The number of hydrogen-bond donors (Lipinski definition) is 2. The molecule has 3 rings (SSSR count). The van der Waals surface area contributed by atoms with E-state index in [1.54, 1.807) is 0 Å². The van der Waals surface area contributed by atoms with Crippen LogP contribution >= 0.6 is 0 Å². The van der Waals surface area contributed by atoms with Crippen molar-refractivity contribution >= 4 is 0 Å². The van der Waals surface area contributed by atoms with E-state index < -0.39 is 36.0 Å². The number of phenols is 2. The Labute approximate surface area is 128 Å². The molecular weight excluding hydrogens is 267 g/mol. The largest absolute Gasteiger partial charge is 0.508 e. The molecule has 0 aliphatic carbocycles. The Morgan fingerprint density at radius 1 is 0.857 bits per heavy atom. The van der Waals surface area contributed by atoms with Crippen molar-refractivity contribution in [3.05, 3.63) is 72.4 Å². The first-order valence-corrected chi connectivity index (χ1v) is 6.12. The van der Waals surface area contributed by atoms with Gasteiger partial charge in [0, 0.05) is 22.8 Å². The monoisotopic (exact) mass is 285 g/mol. The van der Waals surface area contributed by atoms with Gasteiger partial charge >= 0.3 is 0 Å². The summed E-state index contributed by atoms with van der Waals surface area (Å²) >= 11 is 0. The van der Waals surface area contributed by atoms with Crippen LogP contribution in [0.4, 0.5) is 4.39 Å². The molecule has 0 heterocycles. The number of rotatable bonds is 2. The van der Waals surface area contributed by atoms with Crippen molar-refractivity contribution in [2.75, 3.05) is 0 Å². The Hall–Kier alpha value is -2.81. The van der Waals surface area contributed by atoms with Gasteiger partial charge in [0.25, 0.3) is 0 Å². The fourth-order valence-corrected chi connectivity index (χ4v) is 2.07. The van der Waals surface area contributed by atoms with Crippen molar-refractivity contribution in [3.63, 3.8) is 0 Å². The molecule has 0 fully saturated rings. The second kappa shape index (κ2) is 5.29. The molecule has 0 saturated heterocycles. The van der Waals surface area contributed by atoms with E-state index in [-0.39, 0.29) is 33.8 Å². The highest BCUT2D eigenvalue weighted by Crippen LogP contribution is 2.36. The van der Waals surface area contributed by atoms with Crippen LogP contribution in [0, 0.1) is 5.82 Å². The lowest BCUT2D eigenvalue weighted by Gasteiger charge is -2.10. The van der Waals surface area contributed by atoms with Crippen molar-refractivity contribution in [2.24, 2.45) is 0 Å². The molecule has 104 valence electrons. The highest BCUT2D eigenvalue weighted by molar-refractivity contribution is 5.77. The molecule has 0 amide bonds. The predicted octanol–water partition coefficient (Wildman–Crippen LogP) is 4.57. The van der Waals surface area contributed by atoms with E-state index in [2.05, 4.69) is 0 Å². The van der Waals surface area contributed by atoms with E-state index >= 15 is 4.39 Å². The van der Waals surface area contributed by atoms with Gasteiger partial charge in [0.05, 0.1) is 6.85 Å². The van der Waals surface area contributed by atoms with Crippen LogP contribution in [0.5, 0.6) is 11.5 Å². The van der Waals surface area contributed by atoms with Gasteiger partial charge in [-0.25, -0.2) is 4.39 Å². The zero-order chi connectivity index (χ0) is 19.2. The second-order valence-corrected chi connectivity index (χ2v) is 4.37. The number of aromatic hydroxyl groups is 2. The van der Waals surface area contributed by atoms with E-state index in [0.29, 0.717) is 0 Å². The second-order valence-electron chi connectivity index (χ2n) is 4.37. The summed E-state index contributed by atoms with van der Waals surface area (Å²) in [6, 6.07) is 5.13. The SMILES string of the molecule is [2H]c1c([2H])c([2H])c(-c2cccc(-c3ccc(O)cc3O)c2F)c([2H])c1[2H]. The number of phenolic OH excluding ortho intramolecular Hbond substituents is 2. The molecule has 3 aromatic rings. The van der Waals surface area contributed by atoms with Crippen LogP contribution in [0.15, 0.2) is 66.6 Å². The van der Waals surface area contributed by atoms with Gasteiger partial charge in [0.2, 0.25) is 0 Å². The fourth-order valence-electron chi connectivity index (χ4n) is 2.07. The van der Waals surface area contributed by atoms with E-state index in [1.807, 2.05) is 0 Å². The maximum Gasteiger partial charge on any atom is 0.138 e. The molecule has 0 saturated carbocycles. The topological polar surface area (TPSA) is 40.5 Å². The van der Waals surface area contributed by atoms with Gasteiger partial charge in [-0.2, -0.15) is 0 Å². The zero-order valence-electron chi connectivity index (χ0n) is 15.7. The van der Waals surface area contributed by atoms with Gasteiger partial charge in [0.1, 0.15) is 17.3 Å². The molecule has 0 aromatic heterocycles. The lowest BCUT2D eigenvalue weighted by atomic mass is 9.97. The van der Waals surface area contributed by atoms with Gasteiger partial charge in [-0.3, -0.25) is 0 Å². The first-order chi connectivity index (χ1) is 12.2. The summed E-state index contributed by atoms with van der Waals surface area (Å²) in [4.78, 5) is 0. The normalized spacial score (nSPS) is 13.9. The Kier molecular flexibility index (Phi) is 2.13. The highest BCUT2D eigenvalue weighted by atomic mass is 19.1. The number of hydrogen-bond acceptors (Lipinski definition) is 2. The van der Waals surface area contributed by atoms with Crippen LogP contribution in [0.3, 0.4) is 0 Å². The molecule has 0 bridgehead atoms. The number of benzene rings is 3. The van der Waals surface area contributed by atoms with Gasteiger partial charge in [-0.05, 0) is 17.7 Å². The fraction of sp³-hybridized carbons (Fsp3) is 0. The molecule has 0 aliphatic rings. The van der Waals surface area contributed by atoms with Crippen LogP contribution in [-0.2, 0) is 0 Å². The lowest BCUT2D eigenvalue weighted by molar-refractivity contribution is 0.451. The quantitative estimate of drug-likeness (QED) is 0.724. The van der Waals surface area contributed by atoms with Gasteiger partial charge in [-0.15, -0.1) is 0 Å². The minimum absolute atomic E-state index is 0.0215. The van der Waals surface area contributed by atoms with Crippen LogP contribution in [0.1, 0.15) is 6.85 Å². The molecule has 2 N–H and O–H groups in total. The summed E-state index contributed by atoms with van der Waals surface area (Å²) in [5.41, 5.74) is -0.345. The van der Waals surface area contributed by atoms with E-state index in [0.717, 1.165) is 6.07 Å². The highest BCUT2D eigenvalue weighted by Gasteiger charge is 2.14. The third-order valence-electron chi connectivity index (χ3n) is 3.04.